The van der Waals surface area contributed by atoms with Crippen molar-refractivity contribution < 1.29 is 43.0 Å². The Kier molecular flexibility index (Phi) is 9.01. The summed E-state index contributed by atoms with van der Waals surface area (Å²) in [5, 5.41) is 9.71. The third-order valence-electron chi connectivity index (χ3n) is 0.848. The average Bonchev–Trinajstić information content (AvgIpc) is 1.87. The standard InChI is InChI=1S/C5H7FO4.Li/c6-10-5(9)3-1-2-4(7)8;/h1-3H2,(H,7,8);/q;+1/p-1. The third kappa shape index (κ3) is 9.47. The van der Waals surface area contributed by atoms with Crippen LogP contribution in [0.15, 0.2) is 0 Å². The second kappa shape index (κ2) is 7.57. The van der Waals surface area contributed by atoms with Crippen molar-refractivity contribution in [3.63, 3.8) is 0 Å². The van der Waals surface area contributed by atoms with Crippen LogP contribution < -0.4 is 24.0 Å². The van der Waals surface area contributed by atoms with Crippen LogP contribution in [0.25, 0.3) is 0 Å². The predicted molar refractivity (Wildman–Crippen MR) is 26.1 cm³/mol. The molecule has 0 aliphatic carbocycles. The molecule has 58 valence electrons. The Labute approximate surface area is 74.8 Å². The van der Waals surface area contributed by atoms with Crippen molar-refractivity contribution in [2.24, 2.45) is 0 Å². The number of halogens is 1. The van der Waals surface area contributed by atoms with Crippen molar-refractivity contribution in [1.29, 1.82) is 0 Å². The number of aliphatic carboxylic acids is 1. The maximum atomic E-state index is 10.9. The van der Waals surface area contributed by atoms with E-state index in [1.165, 1.54) is 0 Å². The van der Waals surface area contributed by atoms with Gasteiger partial charge < -0.3 is 9.90 Å². The monoisotopic (exact) mass is 156 g/mol. The molecule has 4 nitrogen and oxygen atoms in total. The van der Waals surface area contributed by atoms with Gasteiger partial charge in [-0.15, -0.1) is 0 Å². The van der Waals surface area contributed by atoms with E-state index in [-0.39, 0.29) is 38.1 Å². The second-order valence-electron chi connectivity index (χ2n) is 1.67. The predicted octanol–water partition coefficient (Wildman–Crippen LogP) is -3.66. The minimum absolute atomic E-state index is 0. The first-order chi connectivity index (χ1) is 4.66. The van der Waals surface area contributed by atoms with E-state index in [4.69, 9.17) is 0 Å². The summed E-state index contributed by atoms with van der Waals surface area (Å²) in [5.74, 6) is -2.31. The molecule has 11 heavy (non-hydrogen) atoms. The molecule has 0 aromatic rings. The van der Waals surface area contributed by atoms with Gasteiger partial charge >= 0.3 is 24.8 Å². The Hall–Kier alpha value is -0.533. The first-order valence-corrected chi connectivity index (χ1v) is 2.68. The molecular weight excluding hydrogens is 150 g/mol. The summed E-state index contributed by atoms with van der Waals surface area (Å²) >= 11 is 0. The summed E-state index contributed by atoms with van der Waals surface area (Å²) in [6, 6.07) is 0. The molecule has 0 aromatic heterocycles. The van der Waals surface area contributed by atoms with Gasteiger partial charge in [0.2, 0.25) is 0 Å². The topological polar surface area (TPSA) is 66.4 Å². The Morgan fingerprint density at radius 1 is 1.36 bits per heavy atom. The van der Waals surface area contributed by atoms with Gasteiger partial charge in [-0.1, -0.05) is 0 Å². The summed E-state index contributed by atoms with van der Waals surface area (Å²) in [5.41, 5.74) is 0. The Bertz CT molecular complexity index is 138. The zero-order valence-electron chi connectivity index (χ0n) is 6.13. The van der Waals surface area contributed by atoms with Crippen molar-refractivity contribution in [3.8, 4) is 0 Å². The van der Waals surface area contributed by atoms with Crippen LogP contribution in [0.3, 0.4) is 0 Å². The maximum Gasteiger partial charge on any atom is 1.00 e. The molecule has 0 heterocycles. The molecular formula is C5H6FLiO4. The van der Waals surface area contributed by atoms with Crippen LogP contribution in [0.2, 0.25) is 0 Å². The average molecular weight is 156 g/mol. The summed E-state index contributed by atoms with van der Waals surface area (Å²) in [4.78, 5) is 22.5. The number of carbonyl (C=O) groups is 2. The molecule has 0 atom stereocenters. The summed E-state index contributed by atoms with van der Waals surface area (Å²) in [6.45, 7) is 0. The molecule has 0 aliphatic rings. The molecule has 0 radical (unpaired) electrons. The molecule has 0 spiro atoms. The van der Waals surface area contributed by atoms with Gasteiger partial charge in [0.1, 0.15) is 0 Å². The van der Waals surface area contributed by atoms with Gasteiger partial charge in [0.15, 0.2) is 0 Å². The SMILES string of the molecule is O=C([O-])CCCC(=O)OF.[Li+]. The van der Waals surface area contributed by atoms with E-state index in [1.54, 1.807) is 0 Å². The minimum Gasteiger partial charge on any atom is -0.550 e. The molecule has 0 fully saturated rings. The van der Waals surface area contributed by atoms with Gasteiger partial charge in [-0.25, -0.2) is 4.79 Å². The van der Waals surface area contributed by atoms with Crippen LogP contribution in [0.1, 0.15) is 19.3 Å². The molecule has 0 N–H and O–H groups in total. The molecule has 0 bridgehead atoms. The number of carbonyl (C=O) groups excluding carboxylic acids is 2. The smallest absolute Gasteiger partial charge is 0.550 e. The van der Waals surface area contributed by atoms with Gasteiger partial charge in [0, 0.05) is 16.9 Å². The normalized spacial score (nSPS) is 8.09. The number of hydrogen-bond donors (Lipinski definition) is 0. The Morgan fingerprint density at radius 3 is 2.27 bits per heavy atom. The summed E-state index contributed by atoms with van der Waals surface area (Å²) in [7, 11) is 0. The van der Waals surface area contributed by atoms with E-state index in [2.05, 4.69) is 4.94 Å². The molecule has 0 amide bonds. The van der Waals surface area contributed by atoms with Crippen LogP contribution in [0.4, 0.5) is 4.53 Å². The van der Waals surface area contributed by atoms with Crippen LogP contribution in [-0.2, 0) is 14.5 Å². The van der Waals surface area contributed by atoms with Crippen LogP contribution in [0.5, 0.6) is 0 Å². The first-order valence-electron chi connectivity index (χ1n) is 2.68. The Balaban J connectivity index is 0. The maximum absolute atomic E-state index is 10.9. The molecule has 0 aliphatic heterocycles. The van der Waals surface area contributed by atoms with Crippen molar-refractivity contribution in [2.75, 3.05) is 0 Å². The summed E-state index contributed by atoms with van der Waals surface area (Å²) in [6.07, 6.45) is -0.440. The van der Waals surface area contributed by atoms with Gasteiger partial charge in [-0.3, -0.25) is 4.94 Å². The largest absolute Gasteiger partial charge is 1.00 e. The molecule has 0 rings (SSSR count). The van der Waals surface area contributed by atoms with E-state index in [0.717, 1.165) is 0 Å². The van der Waals surface area contributed by atoms with Gasteiger partial charge in [0.25, 0.3) is 0 Å². The van der Waals surface area contributed by atoms with Gasteiger partial charge in [0.05, 0.1) is 0 Å². The van der Waals surface area contributed by atoms with E-state index < -0.39 is 11.9 Å². The molecule has 6 heteroatoms. The zero-order valence-corrected chi connectivity index (χ0v) is 6.13. The van der Waals surface area contributed by atoms with Crippen LogP contribution >= 0.6 is 0 Å². The number of carboxylic acids is 1. The van der Waals surface area contributed by atoms with Crippen molar-refractivity contribution in [2.45, 2.75) is 19.3 Å². The third-order valence-corrected chi connectivity index (χ3v) is 0.848. The van der Waals surface area contributed by atoms with Gasteiger partial charge in [-0.2, -0.15) is 0 Å². The van der Waals surface area contributed by atoms with E-state index in [1.807, 2.05) is 0 Å². The minimum atomic E-state index is -1.26. The van der Waals surface area contributed by atoms with Crippen molar-refractivity contribution in [1.82, 2.24) is 0 Å². The van der Waals surface area contributed by atoms with E-state index in [0.29, 0.717) is 0 Å². The first kappa shape index (κ1) is 13.1. The van der Waals surface area contributed by atoms with E-state index in [9.17, 15) is 19.2 Å². The fourth-order valence-corrected chi connectivity index (χ4v) is 0.416. The molecule has 0 saturated carbocycles. The zero-order chi connectivity index (χ0) is 7.98. The van der Waals surface area contributed by atoms with Crippen LogP contribution in [-0.4, -0.2) is 11.9 Å². The molecule has 0 unspecified atom stereocenters. The van der Waals surface area contributed by atoms with Crippen molar-refractivity contribution >= 4 is 11.9 Å². The van der Waals surface area contributed by atoms with E-state index >= 15 is 0 Å². The van der Waals surface area contributed by atoms with Crippen molar-refractivity contribution in [3.05, 3.63) is 0 Å². The quantitative estimate of drug-likeness (QED) is 0.393. The molecule has 0 aromatic carbocycles. The fourth-order valence-electron chi connectivity index (χ4n) is 0.416. The number of carboxylic acid groups (broad SMARTS) is 1. The Morgan fingerprint density at radius 2 is 1.91 bits per heavy atom. The molecule has 0 saturated heterocycles. The number of rotatable bonds is 4. The van der Waals surface area contributed by atoms with Gasteiger partial charge in [-0.05, 0) is 12.8 Å². The second-order valence-corrected chi connectivity index (χ2v) is 1.67. The summed E-state index contributed by atoms with van der Waals surface area (Å²) < 4.78 is 10.9. The number of hydrogen-bond acceptors (Lipinski definition) is 4. The van der Waals surface area contributed by atoms with Crippen LogP contribution in [0, 0.1) is 0 Å². The fraction of sp³-hybridized carbons (Fsp3) is 0.600.